The highest BCUT2D eigenvalue weighted by atomic mass is 16.5. The van der Waals surface area contributed by atoms with Crippen molar-refractivity contribution in [2.45, 2.75) is 57.7 Å². The van der Waals surface area contributed by atoms with E-state index in [0.717, 1.165) is 32.3 Å². The van der Waals surface area contributed by atoms with Crippen LogP contribution in [0.4, 0.5) is 4.79 Å². The SMILES string of the molecule is CCC(CO)NC(=O)NC(CC)C1CCCO1. The van der Waals surface area contributed by atoms with Crippen LogP contribution in [0.2, 0.25) is 0 Å². The third-order valence-electron chi connectivity index (χ3n) is 3.22. The van der Waals surface area contributed by atoms with Gasteiger partial charge in [0.1, 0.15) is 0 Å². The molecule has 100 valence electrons. The summed E-state index contributed by atoms with van der Waals surface area (Å²) in [5.74, 6) is 0. The second-order valence-corrected chi connectivity index (χ2v) is 4.47. The summed E-state index contributed by atoms with van der Waals surface area (Å²) in [6.07, 6.45) is 3.79. The third-order valence-corrected chi connectivity index (χ3v) is 3.22. The van der Waals surface area contributed by atoms with Crippen molar-refractivity contribution in [1.29, 1.82) is 0 Å². The maximum absolute atomic E-state index is 11.7. The Morgan fingerprint density at radius 3 is 2.65 bits per heavy atom. The molecule has 0 aliphatic carbocycles. The number of carbonyl (C=O) groups excluding carboxylic acids is 1. The minimum Gasteiger partial charge on any atom is -0.394 e. The van der Waals surface area contributed by atoms with Crippen LogP contribution in [0.25, 0.3) is 0 Å². The Bertz CT molecular complexity index is 226. The predicted octanol–water partition coefficient (Wildman–Crippen LogP) is 1.01. The zero-order valence-corrected chi connectivity index (χ0v) is 10.7. The van der Waals surface area contributed by atoms with E-state index < -0.39 is 0 Å². The zero-order chi connectivity index (χ0) is 12.7. The van der Waals surface area contributed by atoms with Crippen LogP contribution in [0.15, 0.2) is 0 Å². The monoisotopic (exact) mass is 244 g/mol. The molecule has 2 amide bonds. The van der Waals surface area contributed by atoms with Crippen LogP contribution in [0.3, 0.4) is 0 Å². The summed E-state index contributed by atoms with van der Waals surface area (Å²) in [4.78, 5) is 11.7. The molecule has 0 radical (unpaired) electrons. The summed E-state index contributed by atoms with van der Waals surface area (Å²) in [6, 6.07) is -0.320. The highest BCUT2D eigenvalue weighted by molar-refractivity contribution is 5.74. The minimum absolute atomic E-state index is 0.0271. The highest BCUT2D eigenvalue weighted by Crippen LogP contribution is 2.17. The molecule has 5 heteroatoms. The van der Waals surface area contributed by atoms with Crippen molar-refractivity contribution >= 4 is 6.03 Å². The van der Waals surface area contributed by atoms with Crippen LogP contribution in [0.1, 0.15) is 39.5 Å². The van der Waals surface area contributed by atoms with Crippen LogP contribution >= 0.6 is 0 Å². The summed E-state index contributed by atoms with van der Waals surface area (Å²) in [6.45, 7) is 4.73. The van der Waals surface area contributed by atoms with Gasteiger partial charge in [0.05, 0.1) is 24.8 Å². The predicted molar refractivity (Wildman–Crippen MR) is 65.9 cm³/mol. The van der Waals surface area contributed by atoms with Gasteiger partial charge in [-0.15, -0.1) is 0 Å². The number of nitrogens with one attached hydrogen (secondary N) is 2. The third kappa shape index (κ3) is 4.52. The first-order valence-electron chi connectivity index (χ1n) is 6.50. The molecule has 1 aliphatic heterocycles. The number of carbonyl (C=O) groups is 1. The average molecular weight is 244 g/mol. The first-order valence-corrected chi connectivity index (χ1v) is 6.50. The van der Waals surface area contributed by atoms with E-state index in [1.807, 2.05) is 13.8 Å². The molecule has 0 aromatic rings. The molecule has 0 saturated carbocycles. The molecular weight excluding hydrogens is 220 g/mol. The molecule has 1 rings (SSSR count). The van der Waals surface area contributed by atoms with Gasteiger partial charge in [-0.2, -0.15) is 0 Å². The molecule has 0 spiro atoms. The first kappa shape index (κ1) is 14.3. The molecule has 1 fully saturated rings. The number of urea groups is 1. The van der Waals surface area contributed by atoms with Gasteiger partial charge < -0.3 is 20.5 Å². The summed E-state index contributed by atoms with van der Waals surface area (Å²) >= 11 is 0. The number of aliphatic hydroxyl groups is 1. The van der Waals surface area contributed by atoms with Crippen LogP contribution in [0.5, 0.6) is 0 Å². The topological polar surface area (TPSA) is 70.6 Å². The Kier molecular flexibility index (Phi) is 6.29. The summed E-state index contributed by atoms with van der Waals surface area (Å²) in [7, 11) is 0. The van der Waals surface area contributed by atoms with Crippen molar-refractivity contribution in [3.63, 3.8) is 0 Å². The van der Waals surface area contributed by atoms with E-state index in [1.165, 1.54) is 0 Å². The van der Waals surface area contributed by atoms with E-state index in [2.05, 4.69) is 10.6 Å². The van der Waals surface area contributed by atoms with E-state index in [-0.39, 0.29) is 30.8 Å². The molecule has 1 saturated heterocycles. The lowest BCUT2D eigenvalue weighted by Crippen LogP contribution is -2.50. The first-order chi connectivity index (χ1) is 8.21. The normalized spacial score (nSPS) is 23.1. The van der Waals surface area contributed by atoms with Gasteiger partial charge in [-0.1, -0.05) is 13.8 Å². The highest BCUT2D eigenvalue weighted by Gasteiger charge is 2.26. The van der Waals surface area contributed by atoms with Gasteiger partial charge in [0.15, 0.2) is 0 Å². The van der Waals surface area contributed by atoms with Crippen molar-refractivity contribution in [3.05, 3.63) is 0 Å². The summed E-state index contributed by atoms with van der Waals surface area (Å²) in [5.41, 5.74) is 0. The summed E-state index contributed by atoms with van der Waals surface area (Å²) in [5, 5.41) is 14.7. The molecule has 0 bridgehead atoms. The number of hydrogen-bond donors (Lipinski definition) is 3. The fourth-order valence-electron chi connectivity index (χ4n) is 2.05. The smallest absolute Gasteiger partial charge is 0.315 e. The number of amides is 2. The van der Waals surface area contributed by atoms with Crippen molar-refractivity contribution in [3.8, 4) is 0 Å². The number of rotatable bonds is 6. The van der Waals surface area contributed by atoms with E-state index in [1.54, 1.807) is 0 Å². The molecule has 3 unspecified atom stereocenters. The van der Waals surface area contributed by atoms with Crippen molar-refractivity contribution in [2.24, 2.45) is 0 Å². The molecule has 0 aromatic carbocycles. The van der Waals surface area contributed by atoms with E-state index in [9.17, 15) is 4.79 Å². The summed E-state index contributed by atoms with van der Waals surface area (Å²) < 4.78 is 5.57. The lowest BCUT2D eigenvalue weighted by Gasteiger charge is -2.24. The Hall–Kier alpha value is -0.810. The van der Waals surface area contributed by atoms with Crippen LogP contribution in [-0.4, -0.2) is 42.5 Å². The van der Waals surface area contributed by atoms with E-state index >= 15 is 0 Å². The molecule has 3 atom stereocenters. The molecule has 1 heterocycles. The molecule has 3 N–H and O–H groups in total. The van der Waals surface area contributed by atoms with Crippen LogP contribution < -0.4 is 10.6 Å². The molecule has 1 aliphatic rings. The van der Waals surface area contributed by atoms with Crippen molar-refractivity contribution in [1.82, 2.24) is 10.6 Å². The van der Waals surface area contributed by atoms with Gasteiger partial charge >= 0.3 is 6.03 Å². The lowest BCUT2D eigenvalue weighted by molar-refractivity contribution is 0.0792. The van der Waals surface area contributed by atoms with Crippen molar-refractivity contribution in [2.75, 3.05) is 13.2 Å². The maximum atomic E-state index is 11.7. The Balaban J connectivity index is 2.36. The molecule has 17 heavy (non-hydrogen) atoms. The van der Waals surface area contributed by atoms with E-state index in [0.29, 0.717) is 0 Å². The largest absolute Gasteiger partial charge is 0.394 e. The minimum atomic E-state index is -0.215. The second kappa shape index (κ2) is 7.50. The Labute approximate surface area is 103 Å². The number of aliphatic hydroxyl groups excluding tert-OH is 1. The maximum Gasteiger partial charge on any atom is 0.315 e. The molecular formula is C12H24N2O3. The quantitative estimate of drug-likeness (QED) is 0.653. The lowest BCUT2D eigenvalue weighted by atomic mass is 10.1. The second-order valence-electron chi connectivity index (χ2n) is 4.47. The Morgan fingerprint density at radius 2 is 2.18 bits per heavy atom. The number of ether oxygens (including phenoxy) is 1. The zero-order valence-electron chi connectivity index (χ0n) is 10.7. The van der Waals surface area contributed by atoms with Gasteiger partial charge in [-0.05, 0) is 25.7 Å². The van der Waals surface area contributed by atoms with Crippen molar-refractivity contribution < 1.29 is 14.6 Å². The fourth-order valence-corrected chi connectivity index (χ4v) is 2.05. The fraction of sp³-hybridized carbons (Fsp3) is 0.917. The standard InChI is InChI=1S/C12H24N2O3/c1-3-9(8-15)13-12(16)14-10(4-2)11-6-5-7-17-11/h9-11,15H,3-8H2,1-2H3,(H2,13,14,16). The molecule has 0 aromatic heterocycles. The van der Waals surface area contributed by atoms with E-state index in [4.69, 9.17) is 9.84 Å². The van der Waals surface area contributed by atoms with Gasteiger partial charge in [0, 0.05) is 6.61 Å². The van der Waals surface area contributed by atoms with Crippen LogP contribution in [0, 0.1) is 0 Å². The average Bonchev–Trinajstić information content (AvgIpc) is 2.86. The van der Waals surface area contributed by atoms with Gasteiger partial charge in [-0.3, -0.25) is 0 Å². The Morgan fingerprint density at radius 1 is 1.41 bits per heavy atom. The van der Waals surface area contributed by atoms with Gasteiger partial charge in [-0.25, -0.2) is 4.79 Å². The van der Waals surface area contributed by atoms with Gasteiger partial charge in [0.2, 0.25) is 0 Å². The number of hydrogen-bond acceptors (Lipinski definition) is 3. The van der Waals surface area contributed by atoms with Crippen LogP contribution in [-0.2, 0) is 4.74 Å². The van der Waals surface area contributed by atoms with Gasteiger partial charge in [0.25, 0.3) is 0 Å². The molecule has 5 nitrogen and oxygen atoms in total.